The summed E-state index contributed by atoms with van der Waals surface area (Å²) in [5.41, 5.74) is 6.16. The summed E-state index contributed by atoms with van der Waals surface area (Å²) < 4.78 is 0. The van der Waals surface area contributed by atoms with Crippen LogP contribution in [0.25, 0.3) is 0 Å². The molecule has 2 aromatic rings. The lowest BCUT2D eigenvalue weighted by atomic mass is 10.2. The van der Waals surface area contributed by atoms with Crippen molar-refractivity contribution in [2.24, 2.45) is 5.73 Å². The number of halogens is 1. The number of hydrogen-bond donors (Lipinski definition) is 2. The van der Waals surface area contributed by atoms with Crippen molar-refractivity contribution in [3.63, 3.8) is 0 Å². The maximum atomic E-state index is 11.6. The average molecular weight is 310 g/mol. The molecule has 1 heterocycles. The number of aryl methyl sites for hydroxylation is 1. The lowest BCUT2D eigenvalue weighted by Gasteiger charge is -2.04. The fourth-order valence-corrected chi connectivity index (χ4v) is 2.62. The Labute approximate surface area is 126 Å². The van der Waals surface area contributed by atoms with Crippen LogP contribution in [-0.2, 0) is 12.2 Å². The quantitative estimate of drug-likeness (QED) is 0.805. The van der Waals surface area contributed by atoms with E-state index in [0.717, 1.165) is 23.4 Å². The molecule has 0 saturated carbocycles. The van der Waals surface area contributed by atoms with Gasteiger partial charge in [0, 0.05) is 21.7 Å². The molecule has 0 aliphatic rings. The van der Waals surface area contributed by atoms with E-state index >= 15 is 0 Å². The smallest absolute Gasteiger partial charge is 0.251 e. The van der Waals surface area contributed by atoms with E-state index in [2.05, 4.69) is 9.97 Å². The summed E-state index contributed by atoms with van der Waals surface area (Å²) in [5, 5.41) is 0.713. The average Bonchev–Trinajstić information content (AvgIpc) is 2.44. The SMILES string of the molecule is NCCCc1cc(=O)[nH]c(CSc2ccc(Cl)cc2)n1. The Bertz CT molecular complexity index is 613. The maximum absolute atomic E-state index is 11.6. The van der Waals surface area contributed by atoms with Crippen LogP contribution in [0.1, 0.15) is 17.9 Å². The molecule has 0 spiro atoms. The van der Waals surface area contributed by atoms with Crippen LogP contribution in [0, 0.1) is 0 Å². The van der Waals surface area contributed by atoms with Crippen LogP contribution < -0.4 is 11.3 Å². The second-order valence-electron chi connectivity index (χ2n) is 4.32. The third-order valence-electron chi connectivity index (χ3n) is 2.67. The zero-order chi connectivity index (χ0) is 14.4. The van der Waals surface area contributed by atoms with Crippen molar-refractivity contribution >= 4 is 23.4 Å². The third-order valence-corrected chi connectivity index (χ3v) is 3.95. The summed E-state index contributed by atoms with van der Waals surface area (Å²) in [4.78, 5) is 19.9. The summed E-state index contributed by atoms with van der Waals surface area (Å²) in [5.74, 6) is 1.30. The van der Waals surface area contributed by atoms with E-state index in [1.807, 2.05) is 24.3 Å². The first-order valence-corrected chi connectivity index (χ1v) is 7.71. The van der Waals surface area contributed by atoms with Crippen molar-refractivity contribution in [1.82, 2.24) is 9.97 Å². The number of rotatable bonds is 6. The molecule has 0 aliphatic carbocycles. The molecular weight excluding hydrogens is 294 g/mol. The van der Waals surface area contributed by atoms with Crippen LogP contribution in [0.3, 0.4) is 0 Å². The highest BCUT2D eigenvalue weighted by Gasteiger charge is 2.03. The molecule has 1 aromatic carbocycles. The zero-order valence-corrected chi connectivity index (χ0v) is 12.5. The van der Waals surface area contributed by atoms with Crippen molar-refractivity contribution in [2.45, 2.75) is 23.5 Å². The largest absolute Gasteiger partial charge is 0.330 e. The highest BCUT2D eigenvalue weighted by Crippen LogP contribution is 2.22. The van der Waals surface area contributed by atoms with Crippen LogP contribution >= 0.6 is 23.4 Å². The molecule has 0 amide bonds. The third kappa shape index (κ3) is 4.67. The van der Waals surface area contributed by atoms with Crippen LogP contribution in [0.4, 0.5) is 0 Å². The summed E-state index contributed by atoms with van der Waals surface area (Å²) in [7, 11) is 0. The number of benzene rings is 1. The van der Waals surface area contributed by atoms with Crippen molar-refractivity contribution in [1.29, 1.82) is 0 Å². The molecule has 0 fully saturated rings. The predicted octanol–water partition coefficient (Wildman–Crippen LogP) is 2.61. The van der Waals surface area contributed by atoms with Gasteiger partial charge in [0.1, 0.15) is 5.82 Å². The first kappa shape index (κ1) is 15.1. The molecular formula is C14H16ClN3OS. The van der Waals surface area contributed by atoms with Gasteiger partial charge in [-0.2, -0.15) is 0 Å². The minimum Gasteiger partial charge on any atom is -0.330 e. The maximum Gasteiger partial charge on any atom is 0.251 e. The minimum absolute atomic E-state index is 0.112. The molecule has 0 saturated heterocycles. The summed E-state index contributed by atoms with van der Waals surface area (Å²) >= 11 is 7.45. The molecule has 4 nitrogen and oxygen atoms in total. The van der Waals surface area contributed by atoms with Gasteiger partial charge in [-0.1, -0.05) is 11.6 Å². The van der Waals surface area contributed by atoms with Crippen molar-refractivity contribution in [2.75, 3.05) is 6.54 Å². The molecule has 0 unspecified atom stereocenters. The molecule has 1 aromatic heterocycles. The van der Waals surface area contributed by atoms with Crippen LogP contribution in [-0.4, -0.2) is 16.5 Å². The highest BCUT2D eigenvalue weighted by atomic mass is 35.5. The van der Waals surface area contributed by atoms with Gasteiger partial charge in [0.2, 0.25) is 0 Å². The Morgan fingerprint density at radius 3 is 2.75 bits per heavy atom. The van der Waals surface area contributed by atoms with E-state index in [9.17, 15) is 4.79 Å². The molecule has 3 N–H and O–H groups in total. The van der Waals surface area contributed by atoms with Crippen LogP contribution in [0.2, 0.25) is 5.02 Å². The Kier molecular flexibility index (Phi) is 5.64. The molecule has 106 valence electrons. The number of nitrogens with two attached hydrogens (primary N) is 1. The van der Waals surface area contributed by atoms with Gasteiger partial charge >= 0.3 is 0 Å². The van der Waals surface area contributed by atoms with Crippen LogP contribution in [0.15, 0.2) is 40.0 Å². The summed E-state index contributed by atoms with van der Waals surface area (Å²) in [6.45, 7) is 0.601. The summed E-state index contributed by atoms with van der Waals surface area (Å²) in [6, 6.07) is 9.12. The number of hydrogen-bond acceptors (Lipinski definition) is 4. The minimum atomic E-state index is -0.112. The number of aromatic nitrogens is 2. The van der Waals surface area contributed by atoms with Gasteiger partial charge in [-0.15, -0.1) is 11.8 Å². The van der Waals surface area contributed by atoms with Gasteiger partial charge in [-0.25, -0.2) is 4.98 Å². The lowest BCUT2D eigenvalue weighted by molar-refractivity contribution is 0.793. The first-order chi connectivity index (χ1) is 9.67. The number of aromatic amines is 1. The normalized spacial score (nSPS) is 10.7. The predicted molar refractivity (Wildman–Crippen MR) is 83.2 cm³/mol. The van der Waals surface area contributed by atoms with E-state index < -0.39 is 0 Å². The van der Waals surface area contributed by atoms with Gasteiger partial charge in [-0.05, 0) is 43.7 Å². The topological polar surface area (TPSA) is 71.8 Å². The first-order valence-electron chi connectivity index (χ1n) is 6.35. The van der Waals surface area contributed by atoms with Crippen LogP contribution in [0.5, 0.6) is 0 Å². The second kappa shape index (κ2) is 7.47. The molecule has 2 rings (SSSR count). The number of nitrogens with zero attached hydrogens (tertiary/aromatic N) is 1. The van der Waals surface area contributed by atoms with E-state index in [0.29, 0.717) is 23.1 Å². The number of thioether (sulfide) groups is 1. The molecule has 0 bridgehead atoms. The fourth-order valence-electron chi connectivity index (χ4n) is 1.73. The van der Waals surface area contributed by atoms with E-state index in [1.54, 1.807) is 11.8 Å². The molecule has 0 radical (unpaired) electrons. The van der Waals surface area contributed by atoms with Gasteiger partial charge < -0.3 is 10.7 Å². The van der Waals surface area contributed by atoms with Gasteiger partial charge in [0.15, 0.2) is 0 Å². The molecule has 6 heteroatoms. The molecule has 0 aliphatic heterocycles. The summed E-state index contributed by atoms with van der Waals surface area (Å²) in [6.07, 6.45) is 1.57. The van der Waals surface area contributed by atoms with Crippen molar-refractivity contribution < 1.29 is 0 Å². The lowest BCUT2D eigenvalue weighted by Crippen LogP contribution is -2.13. The Morgan fingerprint density at radius 1 is 1.30 bits per heavy atom. The van der Waals surface area contributed by atoms with Gasteiger partial charge in [0.05, 0.1) is 5.75 Å². The van der Waals surface area contributed by atoms with E-state index in [-0.39, 0.29) is 5.56 Å². The van der Waals surface area contributed by atoms with Gasteiger partial charge in [-0.3, -0.25) is 4.79 Å². The van der Waals surface area contributed by atoms with Gasteiger partial charge in [0.25, 0.3) is 5.56 Å². The monoisotopic (exact) mass is 309 g/mol. The van der Waals surface area contributed by atoms with Crippen molar-refractivity contribution in [3.05, 3.63) is 57.2 Å². The standard InChI is InChI=1S/C14H16ClN3OS/c15-10-3-5-12(6-4-10)20-9-13-17-11(2-1-7-16)8-14(19)18-13/h3-6,8H,1-2,7,9,16H2,(H,17,18,19). The Morgan fingerprint density at radius 2 is 2.05 bits per heavy atom. The van der Waals surface area contributed by atoms with Crippen molar-refractivity contribution in [3.8, 4) is 0 Å². The second-order valence-corrected chi connectivity index (χ2v) is 5.80. The Hall–Kier alpha value is -1.30. The number of H-pyrrole nitrogens is 1. The highest BCUT2D eigenvalue weighted by molar-refractivity contribution is 7.98. The van der Waals surface area contributed by atoms with E-state index in [1.165, 1.54) is 6.07 Å². The number of nitrogens with one attached hydrogen (secondary N) is 1. The fraction of sp³-hybridized carbons (Fsp3) is 0.286. The van der Waals surface area contributed by atoms with E-state index in [4.69, 9.17) is 17.3 Å². The zero-order valence-electron chi connectivity index (χ0n) is 10.9. The molecule has 20 heavy (non-hydrogen) atoms. The molecule has 0 atom stereocenters. The Balaban J connectivity index is 2.03.